The van der Waals surface area contributed by atoms with Crippen LogP contribution < -0.4 is 19.9 Å². The Bertz CT molecular complexity index is 1150. The first kappa shape index (κ1) is 21.5. The third-order valence-electron chi connectivity index (χ3n) is 5.44. The Hall–Kier alpha value is -3.72. The smallest absolute Gasteiger partial charge is 0.335 e. The van der Waals surface area contributed by atoms with Crippen LogP contribution in [0.25, 0.3) is 6.08 Å². The van der Waals surface area contributed by atoms with E-state index in [9.17, 15) is 19.5 Å². The number of hydrogen-bond donors (Lipinski definition) is 2. The largest absolute Gasteiger partial charge is 0.496 e. The highest BCUT2D eigenvalue weighted by atomic mass is 32.1. The second-order valence-electron chi connectivity index (χ2n) is 7.43. The minimum Gasteiger partial charge on any atom is -0.496 e. The van der Waals surface area contributed by atoms with E-state index in [4.69, 9.17) is 17.0 Å². The number of rotatable bonds is 5. The molecule has 2 aromatic rings. The number of carboxylic acid groups (broad SMARTS) is 1. The summed E-state index contributed by atoms with van der Waals surface area (Å²) in [5.74, 6) is -1.87. The summed E-state index contributed by atoms with van der Waals surface area (Å²) in [5.41, 5.74) is 1.71. The van der Waals surface area contributed by atoms with Crippen molar-refractivity contribution in [3.05, 3.63) is 59.2 Å². The van der Waals surface area contributed by atoms with E-state index in [2.05, 4.69) is 10.2 Å². The van der Waals surface area contributed by atoms with Crippen molar-refractivity contribution in [2.75, 3.05) is 30.0 Å². The lowest BCUT2D eigenvalue weighted by atomic mass is 10.0. The predicted octanol–water partition coefficient (Wildman–Crippen LogP) is 2.82. The Morgan fingerprint density at radius 3 is 2.56 bits per heavy atom. The molecule has 0 aromatic heterocycles. The Morgan fingerprint density at radius 1 is 1.12 bits per heavy atom. The summed E-state index contributed by atoms with van der Waals surface area (Å²) >= 11 is 5.19. The first-order valence-electron chi connectivity index (χ1n) is 10.1. The van der Waals surface area contributed by atoms with E-state index >= 15 is 0 Å². The van der Waals surface area contributed by atoms with Crippen LogP contribution in [0.5, 0.6) is 5.75 Å². The zero-order valence-electron chi connectivity index (χ0n) is 17.3. The number of amides is 2. The first-order chi connectivity index (χ1) is 15.4. The van der Waals surface area contributed by atoms with Crippen molar-refractivity contribution >= 4 is 52.6 Å². The van der Waals surface area contributed by atoms with Crippen LogP contribution in [-0.2, 0) is 9.59 Å². The van der Waals surface area contributed by atoms with E-state index in [1.165, 1.54) is 31.4 Å². The van der Waals surface area contributed by atoms with Crippen LogP contribution in [0, 0.1) is 0 Å². The number of anilines is 2. The molecule has 2 amide bonds. The van der Waals surface area contributed by atoms with Gasteiger partial charge in [0.15, 0.2) is 5.11 Å². The van der Waals surface area contributed by atoms with Gasteiger partial charge in [0.25, 0.3) is 11.8 Å². The normalized spacial score (nSPS) is 17.7. The van der Waals surface area contributed by atoms with E-state index in [0.29, 0.717) is 11.3 Å². The molecular weight excluding hydrogens is 430 g/mol. The van der Waals surface area contributed by atoms with Gasteiger partial charge in [-0.25, -0.2) is 4.79 Å². The number of carbonyl (C=O) groups excluding carboxylic acids is 2. The number of thiocarbonyl (C=S) groups is 1. The summed E-state index contributed by atoms with van der Waals surface area (Å²) in [6.07, 6.45) is 3.74. The van der Waals surface area contributed by atoms with Crippen LogP contribution in [0.4, 0.5) is 11.4 Å². The molecule has 9 heteroatoms. The number of carboxylic acids is 1. The van der Waals surface area contributed by atoms with Crippen LogP contribution in [0.2, 0.25) is 0 Å². The molecule has 164 valence electrons. The molecule has 0 saturated carbocycles. The quantitative estimate of drug-likeness (QED) is 0.410. The second-order valence-corrected chi connectivity index (χ2v) is 7.82. The van der Waals surface area contributed by atoms with Crippen molar-refractivity contribution in [3.63, 3.8) is 0 Å². The van der Waals surface area contributed by atoms with Gasteiger partial charge in [-0.1, -0.05) is 6.07 Å². The maximum absolute atomic E-state index is 13.2. The highest BCUT2D eigenvalue weighted by Crippen LogP contribution is 2.30. The third kappa shape index (κ3) is 4.06. The van der Waals surface area contributed by atoms with Crippen molar-refractivity contribution in [1.82, 2.24) is 5.32 Å². The molecule has 2 aliphatic heterocycles. The minimum atomic E-state index is -1.13. The molecule has 0 radical (unpaired) electrons. The molecule has 4 rings (SSSR count). The van der Waals surface area contributed by atoms with Crippen molar-refractivity contribution in [2.45, 2.75) is 12.8 Å². The van der Waals surface area contributed by atoms with Crippen molar-refractivity contribution in [2.24, 2.45) is 0 Å². The number of nitrogens with zero attached hydrogens (tertiary/aromatic N) is 2. The van der Waals surface area contributed by atoms with Gasteiger partial charge in [-0.3, -0.25) is 19.8 Å². The summed E-state index contributed by atoms with van der Waals surface area (Å²) in [4.78, 5) is 40.5. The molecule has 2 fully saturated rings. The van der Waals surface area contributed by atoms with Gasteiger partial charge < -0.3 is 14.7 Å². The molecule has 0 atom stereocenters. The topological polar surface area (TPSA) is 99.2 Å². The molecule has 32 heavy (non-hydrogen) atoms. The summed E-state index contributed by atoms with van der Waals surface area (Å²) < 4.78 is 5.51. The van der Waals surface area contributed by atoms with Gasteiger partial charge in [-0.15, -0.1) is 0 Å². The highest BCUT2D eigenvalue weighted by molar-refractivity contribution is 7.80. The number of aromatic carboxylic acids is 1. The lowest BCUT2D eigenvalue weighted by Gasteiger charge is -2.29. The average molecular weight is 452 g/mol. The van der Waals surface area contributed by atoms with Crippen molar-refractivity contribution in [1.29, 1.82) is 0 Å². The number of nitrogens with one attached hydrogen (secondary N) is 1. The predicted molar refractivity (Wildman–Crippen MR) is 124 cm³/mol. The van der Waals surface area contributed by atoms with E-state index in [1.807, 2.05) is 18.2 Å². The van der Waals surface area contributed by atoms with Crippen molar-refractivity contribution in [3.8, 4) is 5.75 Å². The summed E-state index contributed by atoms with van der Waals surface area (Å²) in [6, 6.07) is 11.4. The minimum absolute atomic E-state index is 0.000277. The number of carbonyl (C=O) groups is 3. The first-order valence-corrected chi connectivity index (χ1v) is 10.5. The highest BCUT2D eigenvalue weighted by Gasteiger charge is 2.35. The van der Waals surface area contributed by atoms with Gasteiger partial charge in [-0.05, 0) is 61.5 Å². The molecule has 2 aromatic carbocycles. The van der Waals surface area contributed by atoms with Gasteiger partial charge in [0, 0.05) is 30.4 Å². The van der Waals surface area contributed by atoms with Gasteiger partial charge >= 0.3 is 5.97 Å². The SMILES string of the molecule is COc1cc(N2CCCC2)ccc1C=C1C(=O)NC(=S)N(c2cccc(C(=O)O)c2)C1=O. The zero-order chi connectivity index (χ0) is 22.8. The molecule has 8 nitrogen and oxygen atoms in total. The number of methoxy groups -OCH3 is 1. The fourth-order valence-corrected chi connectivity index (χ4v) is 4.10. The van der Waals surface area contributed by atoms with Gasteiger partial charge in [0.05, 0.1) is 18.4 Å². The standard InChI is InChI=1S/C23H21N3O5S/c1-31-19-13-16(25-9-2-3-10-25)8-7-14(19)12-18-20(27)24-23(32)26(21(18)28)17-6-4-5-15(11-17)22(29)30/h4-8,11-13H,2-3,9-10H2,1H3,(H,29,30)(H,24,27,32). The molecule has 2 saturated heterocycles. The van der Waals surface area contributed by atoms with E-state index in [-0.39, 0.29) is 21.9 Å². The molecule has 2 heterocycles. The van der Waals surface area contributed by atoms with Crippen LogP contribution in [0.15, 0.2) is 48.0 Å². The van der Waals surface area contributed by atoms with Crippen LogP contribution >= 0.6 is 12.2 Å². The van der Waals surface area contributed by atoms with E-state index in [1.54, 1.807) is 6.07 Å². The number of hydrogen-bond acceptors (Lipinski definition) is 6. The Balaban J connectivity index is 1.70. The lowest BCUT2D eigenvalue weighted by Crippen LogP contribution is -2.54. The molecule has 2 aliphatic rings. The lowest BCUT2D eigenvalue weighted by molar-refractivity contribution is -0.122. The van der Waals surface area contributed by atoms with Crippen LogP contribution in [-0.4, -0.2) is 48.2 Å². The molecular formula is C23H21N3O5S. The van der Waals surface area contributed by atoms with E-state index < -0.39 is 17.8 Å². The second kappa shape index (κ2) is 8.80. The zero-order valence-corrected chi connectivity index (χ0v) is 18.1. The molecule has 0 spiro atoms. The average Bonchev–Trinajstić information content (AvgIpc) is 3.31. The van der Waals surface area contributed by atoms with Gasteiger partial charge in [0.2, 0.25) is 0 Å². The Labute approximate surface area is 190 Å². The fraction of sp³-hybridized carbons (Fsp3) is 0.217. The number of benzene rings is 2. The monoisotopic (exact) mass is 451 g/mol. The fourth-order valence-electron chi connectivity index (χ4n) is 3.82. The molecule has 0 bridgehead atoms. The maximum Gasteiger partial charge on any atom is 0.335 e. The Kier molecular flexibility index (Phi) is 5.91. The van der Waals surface area contributed by atoms with Crippen molar-refractivity contribution < 1.29 is 24.2 Å². The van der Waals surface area contributed by atoms with Crippen LogP contribution in [0.3, 0.4) is 0 Å². The molecule has 2 N–H and O–H groups in total. The maximum atomic E-state index is 13.2. The van der Waals surface area contributed by atoms with Gasteiger partial charge in [-0.2, -0.15) is 0 Å². The molecule has 0 unspecified atom stereocenters. The summed E-state index contributed by atoms with van der Waals surface area (Å²) in [5, 5.41) is 11.6. The van der Waals surface area contributed by atoms with E-state index in [0.717, 1.165) is 36.5 Å². The van der Waals surface area contributed by atoms with Crippen LogP contribution in [0.1, 0.15) is 28.8 Å². The summed E-state index contributed by atoms with van der Waals surface area (Å²) in [6.45, 7) is 1.96. The number of ether oxygens (including phenoxy) is 1. The molecule has 0 aliphatic carbocycles. The summed E-state index contributed by atoms with van der Waals surface area (Å²) in [7, 11) is 1.53. The third-order valence-corrected chi connectivity index (χ3v) is 5.73. The van der Waals surface area contributed by atoms with Gasteiger partial charge in [0.1, 0.15) is 11.3 Å². The Morgan fingerprint density at radius 2 is 1.88 bits per heavy atom.